The molecule has 0 fully saturated rings. The predicted molar refractivity (Wildman–Crippen MR) is 103 cm³/mol. The largest absolute Gasteiger partial charge is 0.508 e. The lowest BCUT2D eigenvalue weighted by atomic mass is 10.1. The molecule has 5 nitrogen and oxygen atoms in total. The second-order valence-electron chi connectivity index (χ2n) is 6.06. The van der Waals surface area contributed by atoms with Gasteiger partial charge in [-0.2, -0.15) is 5.26 Å². The van der Waals surface area contributed by atoms with Gasteiger partial charge in [-0.15, -0.1) is 0 Å². The van der Waals surface area contributed by atoms with Crippen LogP contribution in [0.1, 0.15) is 16.7 Å². The minimum Gasteiger partial charge on any atom is -0.508 e. The monoisotopic (exact) mass is 355 g/mol. The fourth-order valence-corrected chi connectivity index (χ4v) is 2.97. The number of fused-ring (bicyclic) bond motifs is 2. The fourth-order valence-electron chi connectivity index (χ4n) is 2.97. The van der Waals surface area contributed by atoms with Gasteiger partial charge in [0.2, 0.25) is 5.43 Å². The molecule has 0 aliphatic rings. The first kappa shape index (κ1) is 16.4. The molecule has 0 aliphatic heterocycles. The van der Waals surface area contributed by atoms with Crippen LogP contribution in [-0.4, -0.2) is 10.2 Å². The van der Waals surface area contributed by atoms with Crippen molar-refractivity contribution in [3.63, 3.8) is 0 Å². The number of hydrogen-bond acceptors (Lipinski definition) is 5. The van der Waals surface area contributed by atoms with E-state index in [4.69, 9.17) is 9.68 Å². The highest BCUT2D eigenvalue weighted by atomic mass is 16.3. The van der Waals surface area contributed by atoms with Crippen molar-refractivity contribution >= 4 is 34.1 Å². The summed E-state index contributed by atoms with van der Waals surface area (Å²) in [6.07, 6.45) is 3.65. The lowest BCUT2D eigenvalue weighted by Crippen LogP contribution is -2.03. The lowest BCUT2D eigenvalue weighted by molar-refractivity contribution is 0.453. The second kappa shape index (κ2) is 6.36. The number of phenolic OH excluding ortho intramolecular Hbond substituents is 2. The molecule has 0 atom stereocenters. The number of phenols is 2. The van der Waals surface area contributed by atoms with Crippen LogP contribution in [0, 0.1) is 11.3 Å². The first-order valence-electron chi connectivity index (χ1n) is 8.16. The van der Waals surface area contributed by atoms with Crippen LogP contribution in [0.5, 0.6) is 11.5 Å². The van der Waals surface area contributed by atoms with E-state index >= 15 is 0 Å². The van der Waals surface area contributed by atoms with Gasteiger partial charge in [-0.25, -0.2) is 0 Å². The minimum atomic E-state index is -0.364. The van der Waals surface area contributed by atoms with Crippen LogP contribution in [0.4, 0.5) is 0 Å². The van der Waals surface area contributed by atoms with Crippen molar-refractivity contribution in [2.75, 3.05) is 0 Å². The van der Waals surface area contributed by atoms with Gasteiger partial charge in [-0.05, 0) is 23.8 Å². The van der Waals surface area contributed by atoms with Gasteiger partial charge in [0.1, 0.15) is 28.1 Å². The molecule has 3 aromatic carbocycles. The average molecular weight is 355 g/mol. The molecule has 0 saturated carbocycles. The lowest BCUT2D eigenvalue weighted by Gasteiger charge is -2.06. The number of nitrogens with zero attached hydrogens (tertiary/aromatic N) is 1. The number of benzene rings is 3. The van der Waals surface area contributed by atoms with Gasteiger partial charge < -0.3 is 14.6 Å². The maximum atomic E-state index is 12.8. The quantitative estimate of drug-likeness (QED) is 0.410. The third kappa shape index (κ3) is 2.90. The molecule has 130 valence electrons. The average Bonchev–Trinajstić information content (AvgIpc) is 2.66. The molecule has 0 aliphatic carbocycles. The summed E-state index contributed by atoms with van der Waals surface area (Å²) in [7, 11) is 0. The maximum absolute atomic E-state index is 12.8. The molecular weight excluding hydrogens is 342 g/mol. The van der Waals surface area contributed by atoms with Crippen LogP contribution in [0.25, 0.3) is 34.1 Å². The Morgan fingerprint density at radius 2 is 1.78 bits per heavy atom. The van der Waals surface area contributed by atoms with E-state index in [1.54, 1.807) is 36.4 Å². The SMILES string of the molecule is N#Cc1ccc(/C=C/c2cccc3c(=O)c4c(O)cc(O)cc4oc23)cc1. The Balaban J connectivity index is 1.90. The molecule has 4 rings (SSSR count). The third-order valence-electron chi connectivity index (χ3n) is 4.29. The van der Waals surface area contributed by atoms with E-state index in [2.05, 4.69) is 6.07 Å². The number of aromatic hydroxyl groups is 2. The first-order valence-corrected chi connectivity index (χ1v) is 8.16. The zero-order valence-electron chi connectivity index (χ0n) is 14.0. The van der Waals surface area contributed by atoms with Crippen molar-refractivity contribution in [1.82, 2.24) is 0 Å². The summed E-state index contributed by atoms with van der Waals surface area (Å²) in [5.74, 6) is -0.507. The Hall–Kier alpha value is -4.04. The molecule has 4 aromatic rings. The summed E-state index contributed by atoms with van der Waals surface area (Å²) in [5.41, 5.74) is 2.27. The Morgan fingerprint density at radius 1 is 1.00 bits per heavy atom. The molecule has 0 radical (unpaired) electrons. The normalized spacial score (nSPS) is 11.2. The number of para-hydroxylation sites is 1. The van der Waals surface area contributed by atoms with Crippen LogP contribution >= 0.6 is 0 Å². The minimum absolute atomic E-state index is 0.0357. The van der Waals surface area contributed by atoms with E-state index in [0.29, 0.717) is 22.1 Å². The summed E-state index contributed by atoms with van der Waals surface area (Å²) in [6, 6.07) is 16.7. The summed E-state index contributed by atoms with van der Waals surface area (Å²) in [5, 5.41) is 28.9. The van der Waals surface area contributed by atoms with Crippen LogP contribution in [-0.2, 0) is 0 Å². The summed E-state index contributed by atoms with van der Waals surface area (Å²) in [4.78, 5) is 12.8. The molecule has 1 aromatic heterocycles. The Kier molecular flexibility index (Phi) is 3.87. The highest BCUT2D eigenvalue weighted by Gasteiger charge is 2.14. The Bertz CT molecular complexity index is 1310. The molecule has 0 unspecified atom stereocenters. The van der Waals surface area contributed by atoms with Crippen molar-refractivity contribution in [2.45, 2.75) is 0 Å². The van der Waals surface area contributed by atoms with Crippen molar-refractivity contribution in [2.24, 2.45) is 0 Å². The van der Waals surface area contributed by atoms with Crippen LogP contribution in [0.2, 0.25) is 0 Å². The zero-order chi connectivity index (χ0) is 19.0. The van der Waals surface area contributed by atoms with Gasteiger partial charge in [-0.3, -0.25) is 4.79 Å². The van der Waals surface area contributed by atoms with Gasteiger partial charge in [-0.1, -0.05) is 36.4 Å². The highest BCUT2D eigenvalue weighted by Crippen LogP contribution is 2.31. The first-order chi connectivity index (χ1) is 13.1. The summed E-state index contributed by atoms with van der Waals surface area (Å²) < 4.78 is 5.83. The van der Waals surface area contributed by atoms with Gasteiger partial charge in [0.05, 0.1) is 17.0 Å². The second-order valence-corrected chi connectivity index (χ2v) is 6.06. The van der Waals surface area contributed by atoms with Crippen molar-refractivity contribution in [3.8, 4) is 17.6 Å². The van der Waals surface area contributed by atoms with Crippen molar-refractivity contribution in [3.05, 3.63) is 81.5 Å². The number of rotatable bonds is 2. The molecule has 0 saturated heterocycles. The third-order valence-corrected chi connectivity index (χ3v) is 4.29. The topological polar surface area (TPSA) is 94.5 Å². The van der Waals surface area contributed by atoms with E-state index in [-0.39, 0.29) is 27.9 Å². The number of nitriles is 1. The number of hydrogen-bond donors (Lipinski definition) is 2. The van der Waals surface area contributed by atoms with Crippen LogP contribution in [0.3, 0.4) is 0 Å². The maximum Gasteiger partial charge on any atom is 0.204 e. The zero-order valence-corrected chi connectivity index (χ0v) is 14.0. The standard InChI is InChI=1S/C22H13NO4/c23-12-14-6-4-13(5-7-14)8-9-15-2-1-3-17-21(26)20-18(25)10-16(24)11-19(20)27-22(15)17/h1-11,24-25H/b9-8+. The molecule has 0 spiro atoms. The van der Waals surface area contributed by atoms with Gasteiger partial charge in [0.15, 0.2) is 0 Å². The molecule has 27 heavy (non-hydrogen) atoms. The Morgan fingerprint density at radius 3 is 2.52 bits per heavy atom. The van der Waals surface area contributed by atoms with Gasteiger partial charge in [0.25, 0.3) is 0 Å². The van der Waals surface area contributed by atoms with Crippen LogP contribution < -0.4 is 5.43 Å². The summed E-state index contributed by atoms with van der Waals surface area (Å²) in [6.45, 7) is 0. The Labute approximate surface area is 153 Å². The van der Waals surface area contributed by atoms with E-state index in [1.807, 2.05) is 18.2 Å². The van der Waals surface area contributed by atoms with E-state index in [1.165, 1.54) is 6.07 Å². The smallest absolute Gasteiger partial charge is 0.204 e. The van der Waals surface area contributed by atoms with Gasteiger partial charge >= 0.3 is 0 Å². The fraction of sp³-hybridized carbons (Fsp3) is 0. The molecule has 5 heteroatoms. The molecule has 2 N–H and O–H groups in total. The van der Waals surface area contributed by atoms with E-state index in [9.17, 15) is 15.0 Å². The molecule has 0 amide bonds. The molecule has 1 heterocycles. The van der Waals surface area contributed by atoms with Crippen molar-refractivity contribution < 1.29 is 14.6 Å². The van der Waals surface area contributed by atoms with Crippen molar-refractivity contribution in [1.29, 1.82) is 5.26 Å². The molecular formula is C22H13NO4. The van der Waals surface area contributed by atoms with Crippen LogP contribution in [0.15, 0.2) is 63.8 Å². The van der Waals surface area contributed by atoms with E-state index in [0.717, 1.165) is 11.6 Å². The predicted octanol–water partition coefficient (Wildman–Crippen LogP) is 4.40. The highest BCUT2D eigenvalue weighted by molar-refractivity contribution is 5.97. The molecule has 0 bridgehead atoms. The summed E-state index contributed by atoms with van der Waals surface area (Å²) >= 11 is 0. The van der Waals surface area contributed by atoms with E-state index < -0.39 is 0 Å². The van der Waals surface area contributed by atoms with Gasteiger partial charge in [0, 0.05) is 17.7 Å².